The number of rotatable bonds is 9. The van der Waals surface area contributed by atoms with Crippen LogP contribution < -0.4 is 10.6 Å². The number of furan rings is 1. The highest BCUT2D eigenvalue weighted by Crippen LogP contribution is 2.25. The van der Waals surface area contributed by atoms with Crippen LogP contribution in [0.2, 0.25) is 0 Å². The number of guanidine groups is 1. The van der Waals surface area contributed by atoms with Crippen LogP contribution in [-0.4, -0.2) is 55.7 Å². The number of aliphatic imine (C=N–C) groups is 1. The van der Waals surface area contributed by atoms with Crippen LogP contribution in [-0.2, 0) is 9.53 Å². The molecule has 154 valence electrons. The maximum absolute atomic E-state index is 11.6. The molecule has 1 aromatic rings. The summed E-state index contributed by atoms with van der Waals surface area (Å²) in [6.07, 6.45) is 4.38. The van der Waals surface area contributed by atoms with Gasteiger partial charge in [-0.15, -0.1) is 24.0 Å². The second-order valence-electron chi connectivity index (χ2n) is 6.71. The minimum Gasteiger partial charge on any atom is -0.468 e. The summed E-state index contributed by atoms with van der Waals surface area (Å²) in [4.78, 5) is 18.8. The highest BCUT2D eigenvalue weighted by Gasteiger charge is 2.25. The molecule has 1 atom stereocenters. The van der Waals surface area contributed by atoms with Crippen molar-refractivity contribution in [2.75, 3.05) is 32.7 Å². The summed E-state index contributed by atoms with van der Waals surface area (Å²) in [5.74, 6) is 1.46. The Kier molecular flexibility index (Phi) is 11.4. The van der Waals surface area contributed by atoms with E-state index in [9.17, 15) is 4.79 Å². The van der Waals surface area contributed by atoms with Crippen LogP contribution in [0.3, 0.4) is 0 Å². The van der Waals surface area contributed by atoms with Crippen LogP contribution in [0.1, 0.15) is 51.8 Å². The molecule has 1 aliphatic heterocycles. The fourth-order valence-electron chi connectivity index (χ4n) is 3.04. The zero-order chi connectivity index (χ0) is 18.8. The molecule has 2 heterocycles. The van der Waals surface area contributed by atoms with E-state index in [0.29, 0.717) is 25.5 Å². The Labute approximate surface area is 179 Å². The molecule has 0 bridgehead atoms. The monoisotopic (exact) mass is 492 g/mol. The van der Waals surface area contributed by atoms with Gasteiger partial charge < -0.3 is 19.8 Å². The number of halogens is 1. The van der Waals surface area contributed by atoms with Gasteiger partial charge in [0.25, 0.3) is 0 Å². The van der Waals surface area contributed by atoms with E-state index in [1.165, 1.54) is 12.8 Å². The molecule has 2 rings (SSSR count). The second kappa shape index (κ2) is 13.0. The topological polar surface area (TPSA) is 79.1 Å². The molecule has 0 saturated carbocycles. The Balaban J connectivity index is 0.00000364. The molecule has 8 heteroatoms. The van der Waals surface area contributed by atoms with Gasteiger partial charge in [-0.05, 0) is 58.8 Å². The first-order valence-electron chi connectivity index (χ1n) is 9.59. The predicted octanol–water partition coefficient (Wildman–Crippen LogP) is 2.93. The molecule has 0 amide bonds. The number of likely N-dealkylation sites (tertiary alicyclic amines) is 1. The normalized spacial score (nSPS) is 16.1. The number of carbonyl (C=O) groups excluding carboxylic acids is 1. The molecule has 0 spiro atoms. The first kappa shape index (κ1) is 23.7. The van der Waals surface area contributed by atoms with Gasteiger partial charge in [-0.2, -0.15) is 0 Å². The van der Waals surface area contributed by atoms with E-state index in [2.05, 4.69) is 15.5 Å². The fourth-order valence-corrected chi connectivity index (χ4v) is 3.04. The van der Waals surface area contributed by atoms with Gasteiger partial charge in [-0.25, -0.2) is 0 Å². The maximum Gasteiger partial charge on any atom is 0.307 e. The third-order valence-electron chi connectivity index (χ3n) is 4.21. The molecule has 0 aromatic carbocycles. The van der Waals surface area contributed by atoms with Gasteiger partial charge >= 0.3 is 5.97 Å². The van der Waals surface area contributed by atoms with Crippen LogP contribution in [0.5, 0.6) is 0 Å². The van der Waals surface area contributed by atoms with Crippen molar-refractivity contribution in [1.29, 1.82) is 0 Å². The molecule has 7 nitrogen and oxygen atoms in total. The molecular weight excluding hydrogens is 459 g/mol. The number of hydrogen-bond acceptors (Lipinski definition) is 5. The Bertz CT molecular complexity index is 557. The summed E-state index contributed by atoms with van der Waals surface area (Å²) in [6.45, 7) is 9.74. The van der Waals surface area contributed by atoms with Gasteiger partial charge in [0.1, 0.15) is 5.76 Å². The van der Waals surface area contributed by atoms with E-state index in [4.69, 9.17) is 14.1 Å². The average Bonchev–Trinajstić information content (AvgIpc) is 3.28. The SMILES string of the molecule is CCNC(=NCC(c1ccco1)N1CCCC1)NCCC(=O)OC(C)C.I. The quantitative estimate of drug-likeness (QED) is 0.239. The van der Waals surface area contributed by atoms with E-state index in [-0.39, 0.29) is 42.1 Å². The van der Waals surface area contributed by atoms with Crippen molar-refractivity contribution >= 4 is 35.9 Å². The van der Waals surface area contributed by atoms with Crippen molar-refractivity contribution in [1.82, 2.24) is 15.5 Å². The van der Waals surface area contributed by atoms with Crippen LogP contribution in [0.15, 0.2) is 27.8 Å². The zero-order valence-corrected chi connectivity index (χ0v) is 18.9. The number of carbonyl (C=O) groups is 1. The zero-order valence-electron chi connectivity index (χ0n) is 16.6. The van der Waals surface area contributed by atoms with Crippen molar-refractivity contribution in [3.8, 4) is 0 Å². The van der Waals surface area contributed by atoms with Crippen LogP contribution >= 0.6 is 24.0 Å². The Morgan fingerprint density at radius 2 is 2.07 bits per heavy atom. The highest BCUT2D eigenvalue weighted by atomic mass is 127. The molecule has 0 radical (unpaired) electrons. The van der Waals surface area contributed by atoms with Gasteiger partial charge in [-0.1, -0.05) is 0 Å². The molecule has 1 aliphatic rings. The van der Waals surface area contributed by atoms with Crippen molar-refractivity contribution < 1.29 is 13.9 Å². The summed E-state index contributed by atoms with van der Waals surface area (Å²) < 4.78 is 10.8. The standard InChI is InChI=1S/C19H32N4O3.HI/c1-4-20-19(21-10-9-18(24)26-15(2)3)22-14-16(17-8-7-13-25-17)23-11-5-6-12-23;/h7-8,13,15-16H,4-6,9-12,14H2,1-3H3,(H2,20,21,22);1H. The maximum atomic E-state index is 11.6. The van der Waals surface area contributed by atoms with E-state index in [1.54, 1.807) is 6.26 Å². The van der Waals surface area contributed by atoms with Crippen molar-refractivity contribution in [2.24, 2.45) is 4.99 Å². The van der Waals surface area contributed by atoms with Gasteiger partial charge in [-0.3, -0.25) is 14.7 Å². The van der Waals surface area contributed by atoms with Crippen molar-refractivity contribution in [3.05, 3.63) is 24.2 Å². The number of nitrogens with zero attached hydrogens (tertiary/aromatic N) is 2. The lowest BCUT2D eigenvalue weighted by atomic mass is 10.2. The summed E-state index contributed by atoms with van der Waals surface area (Å²) >= 11 is 0. The van der Waals surface area contributed by atoms with E-state index in [0.717, 1.165) is 25.4 Å². The molecule has 1 saturated heterocycles. The van der Waals surface area contributed by atoms with E-state index in [1.807, 2.05) is 32.9 Å². The van der Waals surface area contributed by atoms with Crippen molar-refractivity contribution in [2.45, 2.75) is 52.2 Å². The lowest BCUT2D eigenvalue weighted by Crippen LogP contribution is -2.39. The molecule has 27 heavy (non-hydrogen) atoms. The Hall–Kier alpha value is -1.29. The van der Waals surface area contributed by atoms with Crippen LogP contribution in [0.25, 0.3) is 0 Å². The van der Waals surface area contributed by atoms with Crippen LogP contribution in [0, 0.1) is 0 Å². The Morgan fingerprint density at radius 1 is 1.33 bits per heavy atom. The number of hydrogen-bond donors (Lipinski definition) is 2. The first-order chi connectivity index (χ1) is 12.6. The third-order valence-corrected chi connectivity index (χ3v) is 4.21. The second-order valence-corrected chi connectivity index (χ2v) is 6.71. The number of nitrogens with one attached hydrogen (secondary N) is 2. The average molecular weight is 492 g/mol. The molecule has 1 unspecified atom stereocenters. The molecule has 2 N–H and O–H groups in total. The van der Waals surface area contributed by atoms with Crippen LogP contribution in [0.4, 0.5) is 0 Å². The molecule has 1 fully saturated rings. The predicted molar refractivity (Wildman–Crippen MR) is 117 cm³/mol. The first-order valence-corrected chi connectivity index (χ1v) is 9.59. The molecule has 1 aromatic heterocycles. The minimum atomic E-state index is -0.200. The lowest BCUT2D eigenvalue weighted by Gasteiger charge is -2.24. The Morgan fingerprint density at radius 3 is 2.67 bits per heavy atom. The largest absolute Gasteiger partial charge is 0.468 e. The summed E-state index contributed by atoms with van der Waals surface area (Å²) in [5.41, 5.74) is 0. The number of esters is 1. The minimum absolute atomic E-state index is 0. The summed E-state index contributed by atoms with van der Waals surface area (Å²) in [6, 6.07) is 4.08. The van der Waals surface area contributed by atoms with Crippen molar-refractivity contribution in [3.63, 3.8) is 0 Å². The smallest absolute Gasteiger partial charge is 0.307 e. The highest BCUT2D eigenvalue weighted by molar-refractivity contribution is 14.0. The summed E-state index contributed by atoms with van der Waals surface area (Å²) in [7, 11) is 0. The van der Waals surface area contributed by atoms with Gasteiger partial charge in [0, 0.05) is 13.1 Å². The third kappa shape index (κ3) is 8.50. The van der Waals surface area contributed by atoms with E-state index < -0.39 is 0 Å². The molecular formula is C19H33IN4O3. The summed E-state index contributed by atoms with van der Waals surface area (Å²) in [5, 5.41) is 6.43. The van der Waals surface area contributed by atoms with Gasteiger partial charge in [0.05, 0.1) is 31.4 Å². The van der Waals surface area contributed by atoms with Gasteiger partial charge in [0.2, 0.25) is 0 Å². The van der Waals surface area contributed by atoms with E-state index >= 15 is 0 Å². The molecule has 0 aliphatic carbocycles. The lowest BCUT2D eigenvalue weighted by molar-refractivity contribution is -0.147. The number of ether oxygens (including phenoxy) is 1. The fraction of sp³-hybridized carbons (Fsp3) is 0.684. The van der Waals surface area contributed by atoms with Gasteiger partial charge in [0.15, 0.2) is 5.96 Å².